The summed E-state index contributed by atoms with van der Waals surface area (Å²) < 4.78 is 0. The van der Waals surface area contributed by atoms with Crippen molar-refractivity contribution in [3.05, 3.63) is 48.7 Å². The summed E-state index contributed by atoms with van der Waals surface area (Å²) in [6.07, 6.45) is 7.70. The van der Waals surface area contributed by atoms with Crippen LogP contribution in [-0.2, 0) is 0 Å². The highest BCUT2D eigenvalue weighted by atomic mass is 16.2. The topological polar surface area (TPSA) is 60.5 Å². The lowest BCUT2D eigenvalue weighted by Crippen LogP contribution is -2.46. The van der Waals surface area contributed by atoms with Gasteiger partial charge in [-0.05, 0) is 37.1 Å². The van der Waals surface area contributed by atoms with Crippen molar-refractivity contribution in [3.63, 3.8) is 0 Å². The van der Waals surface area contributed by atoms with Gasteiger partial charge in [-0.3, -0.25) is 5.32 Å². The molecule has 2 N–H and O–H groups in total. The Morgan fingerprint density at radius 2 is 1.54 bits per heavy atom. The average molecular weight is 380 g/mol. The summed E-state index contributed by atoms with van der Waals surface area (Å²) in [6, 6.07) is 14.6. The first-order valence-corrected chi connectivity index (χ1v) is 10.4. The summed E-state index contributed by atoms with van der Waals surface area (Å²) in [5.74, 6) is 0.597. The molecule has 6 heteroatoms. The number of aromatic nitrogens is 1. The fourth-order valence-electron chi connectivity index (χ4n) is 4.09. The van der Waals surface area contributed by atoms with Crippen LogP contribution < -0.4 is 20.4 Å². The second-order valence-electron chi connectivity index (χ2n) is 7.64. The first-order chi connectivity index (χ1) is 13.8. The molecule has 2 fully saturated rings. The lowest BCUT2D eigenvalue weighted by Gasteiger charge is -2.37. The van der Waals surface area contributed by atoms with E-state index in [1.807, 2.05) is 18.3 Å². The Morgan fingerprint density at radius 3 is 2.18 bits per heavy atom. The molecule has 1 saturated carbocycles. The quantitative estimate of drug-likeness (QED) is 0.847. The van der Waals surface area contributed by atoms with Gasteiger partial charge in [0.05, 0.1) is 11.9 Å². The Morgan fingerprint density at radius 1 is 0.857 bits per heavy atom. The Bertz CT molecular complexity index is 750. The molecular weight excluding hydrogens is 350 g/mol. The number of amides is 2. The monoisotopic (exact) mass is 379 g/mol. The van der Waals surface area contributed by atoms with E-state index in [4.69, 9.17) is 0 Å². The maximum absolute atomic E-state index is 12.2. The molecule has 2 aliphatic rings. The molecule has 1 aromatic heterocycles. The number of hydrogen-bond acceptors (Lipinski definition) is 4. The molecule has 0 bridgehead atoms. The van der Waals surface area contributed by atoms with E-state index in [0.29, 0.717) is 11.9 Å². The molecule has 28 heavy (non-hydrogen) atoms. The molecule has 2 heterocycles. The third-order valence-electron chi connectivity index (χ3n) is 5.70. The molecule has 0 spiro atoms. The van der Waals surface area contributed by atoms with Crippen LogP contribution in [0.25, 0.3) is 0 Å². The van der Waals surface area contributed by atoms with Crippen LogP contribution in [0.2, 0.25) is 0 Å². The smallest absolute Gasteiger partial charge is 0.320 e. The fraction of sp³-hybridized carbons (Fsp3) is 0.455. The number of nitrogens with zero attached hydrogens (tertiary/aromatic N) is 3. The van der Waals surface area contributed by atoms with Gasteiger partial charge in [0.1, 0.15) is 5.82 Å². The van der Waals surface area contributed by atoms with E-state index in [0.717, 1.165) is 44.7 Å². The Balaban J connectivity index is 1.27. The Kier molecular flexibility index (Phi) is 5.95. The van der Waals surface area contributed by atoms with Gasteiger partial charge in [-0.2, -0.15) is 0 Å². The molecule has 4 rings (SSSR count). The zero-order chi connectivity index (χ0) is 19.2. The molecule has 0 unspecified atom stereocenters. The molecule has 148 valence electrons. The second kappa shape index (κ2) is 8.95. The highest BCUT2D eigenvalue weighted by Crippen LogP contribution is 2.21. The summed E-state index contributed by atoms with van der Waals surface area (Å²) in [5, 5.41) is 5.92. The van der Waals surface area contributed by atoms with E-state index in [1.54, 1.807) is 0 Å². The number of carbonyl (C=O) groups is 1. The van der Waals surface area contributed by atoms with Crippen molar-refractivity contribution < 1.29 is 4.79 Å². The highest BCUT2D eigenvalue weighted by Gasteiger charge is 2.18. The largest absolute Gasteiger partial charge is 0.368 e. The van der Waals surface area contributed by atoms with Gasteiger partial charge in [0, 0.05) is 37.9 Å². The highest BCUT2D eigenvalue weighted by molar-refractivity contribution is 5.88. The number of benzene rings is 1. The third-order valence-corrected chi connectivity index (χ3v) is 5.70. The molecule has 1 aliphatic heterocycles. The van der Waals surface area contributed by atoms with Crippen molar-refractivity contribution in [2.75, 3.05) is 41.3 Å². The molecule has 1 aliphatic carbocycles. The summed E-state index contributed by atoms with van der Waals surface area (Å²) in [5.41, 5.74) is 2.38. The maximum atomic E-state index is 12.2. The predicted octanol–water partition coefficient (Wildman–Crippen LogP) is 3.86. The van der Waals surface area contributed by atoms with E-state index >= 15 is 0 Å². The molecule has 1 saturated heterocycles. The number of rotatable bonds is 4. The Labute approximate surface area is 166 Å². The standard InChI is InChI=1S/C22H29N5O/c28-22(24-18-7-3-1-4-8-18)25-21-12-11-20(17-23-21)27-15-13-26(14-16-27)19-9-5-2-6-10-19/h2,5-6,9-12,17-18H,1,3-4,7-8,13-16H2,(H2,23,24,25,28). The lowest BCUT2D eigenvalue weighted by molar-refractivity contribution is 0.244. The zero-order valence-corrected chi connectivity index (χ0v) is 16.3. The molecule has 1 aromatic carbocycles. The van der Waals surface area contributed by atoms with Crippen LogP contribution in [0.4, 0.5) is 22.0 Å². The predicted molar refractivity (Wildman–Crippen MR) is 114 cm³/mol. The first-order valence-electron chi connectivity index (χ1n) is 10.4. The normalized spacial score (nSPS) is 18.0. The SMILES string of the molecule is O=C(Nc1ccc(N2CCN(c3ccccc3)CC2)cn1)NC1CCCCC1. The molecule has 6 nitrogen and oxygen atoms in total. The third kappa shape index (κ3) is 4.74. The van der Waals surface area contributed by atoms with Crippen LogP contribution in [0.15, 0.2) is 48.7 Å². The van der Waals surface area contributed by atoms with Crippen molar-refractivity contribution in [1.82, 2.24) is 10.3 Å². The van der Waals surface area contributed by atoms with Gasteiger partial charge in [-0.1, -0.05) is 37.5 Å². The average Bonchev–Trinajstić information content (AvgIpc) is 2.76. The minimum Gasteiger partial charge on any atom is -0.368 e. The van der Waals surface area contributed by atoms with Gasteiger partial charge in [0.15, 0.2) is 0 Å². The zero-order valence-electron chi connectivity index (χ0n) is 16.3. The summed E-state index contributed by atoms with van der Waals surface area (Å²) in [6.45, 7) is 3.92. The van der Waals surface area contributed by atoms with Gasteiger partial charge in [0.2, 0.25) is 0 Å². The second-order valence-corrected chi connectivity index (χ2v) is 7.64. The first kappa shape index (κ1) is 18.6. The summed E-state index contributed by atoms with van der Waals surface area (Å²) >= 11 is 0. The molecular formula is C22H29N5O. The van der Waals surface area contributed by atoms with E-state index in [-0.39, 0.29) is 6.03 Å². The van der Waals surface area contributed by atoms with Gasteiger partial charge in [-0.25, -0.2) is 9.78 Å². The van der Waals surface area contributed by atoms with Crippen LogP contribution in [-0.4, -0.2) is 43.2 Å². The van der Waals surface area contributed by atoms with Gasteiger partial charge < -0.3 is 15.1 Å². The summed E-state index contributed by atoms with van der Waals surface area (Å²) in [7, 11) is 0. The van der Waals surface area contributed by atoms with Crippen LogP contribution in [0.3, 0.4) is 0 Å². The number of urea groups is 1. The number of pyridine rings is 1. The number of anilines is 3. The van der Waals surface area contributed by atoms with Crippen LogP contribution in [0.1, 0.15) is 32.1 Å². The van der Waals surface area contributed by atoms with Crippen molar-refractivity contribution in [2.45, 2.75) is 38.1 Å². The van der Waals surface area contributed by atoms with Gasteiger partial charge in [0.25, 0.3) is 0 Å². The lowest BCUT2D eigenvalue weighted by atomic mass is 9.96. The minimum atomic E-state index is -0.149. The molecule has 0 radical (unpaired) electrons. The van der Waals surface area contributed by atoms with E-state index < -0.39 is 0 Å². The van der Waals surface area contributed by atoms with Gasteiger partial charge >= 0.3 is 6.03 Å². The Hall–Kier alpha value is -2.76. The number of nitrogens with one attached hydrogen (secondary N) is 2. The van der Waals surface area contributed by atoms with Crippen LogP contribution in [0.5, 0.6) is 0 Å². The number of hydrogen-bond donors (Lipinski definition) is 2. The van der Waals surface area contributed by atoms with Crippen molar-refractivity contribution >= 4 is 23.2 Å². The van der Waals surface area contributed by atoms with Crippen LogP contribution in [0, 0.1) is 0 Å². The van der Waals surface area contributed by atoms with Crippen molar-refractivity contribution in [2.24, 2.45) is 0 Å². The minimum absolute atomic E-state index is 0.149. The molecule has 0 atom stereocenters. The van der Waals surface area contributed by atoms with Crippen molar-refractivity contribution in [3.8, 4) is 0 Å². The number of carbonyl (C=O) groups excluding carboxylic acids is 1. The van der Waals surface area contributed by atoms with E-state index in [1.165, 1.54) is 24.9 Å². The van der Waals surface area contributed by atoms with Crippen molar-refractivity contribution in [1.29, 1.82) is 0 Å². The fourth-order valence-corrected chi connectivity index (χ4v) is 4.09. The van der Waals surface area contributed by atoms with Crippen LogP contribution >= 0.6 is 0 Å². The van der Waals surface area contributed by atoms with Gasteiger partial charge in [-0.15, -0.1) is 0 Å². The van der Waals surface area contributed by atoms with E-state index in [9.17, 15) is 4.79 Å². The summed E-state index contributed by atoms with van der Waals surface area (Å²) in [4.78, 5) is 21.4. The molecule has 2 amide bonds. The maximum Gasteiger partial charge on any atom is 0.320 e. The number of piperazine rings is 1. The molecule has 2 aromatic rings. The van der Waals surface area contributed by atoms with E-state index in [2.05, 4.69) is 55.7 Å². The number of para-hydroxylation sites is 1.